The van der Waals surface area contributed by atoms with Gasteiger partial charge in [-0.2, -0.15) is 13.2 Å². The third-order valence-corrected chi connectivity index (χ3v) is 3.13. The number of nitrogens with zero attached hydrogens (tertiary/aromatic N) is 1. The lowest BCUT2D eigenvalue weighted by Gasteiger charge is -2.19. The zero-order chi connectivity index (χ0) is 20.5. The molecule has 6 nitrogen and oxygen atoms in total. The summed E-state index contributed by atoms with van der Waals surface area (Å²) in [6, 6.07) is 4.88. The van der Waals surface area contributed by atoms with E-state index in [1.807, 2.05) is 6.92 Å². The number of alkyl carbamates (subject to hydrolysis) is 1. The maximum Gasteiger partial charge on any atom is 0.416 e. The van der Waals surface area contributed by atoms with Gasteiger partial charge in [-0.25, -0.2) is 9.79 Å². The molecular formula is C18H27F3N4O2. The highest BCUT2D eigenvalue weighted by Crippen LogP contribution is 2.29. The van der Waals surface area contributed by atoms with E-state index in [0.29, 0.717) is 31.2 Å². The molecule has 0 aromatic heterocycles. The van der Waals surface area contributed by atoms with Crippen LogP contribution in [-0.2, 0) is 17.5 Å². The van der Waals surface area contributed by atoms with E-state index in [2.05, 4.69) is 20.9 Å². The van der Waals surface area contributed by atoms with Crippen molar-refractivity contribution in [1.82, 2.24) is 16.0 Å². The fourth-order valence-corrected chi connectivity index (χ4v) is 1.97. The molecule has 27 heavy (non-hydrogen) atoms. The molecule has 1 amide bonds. The molecule has 0 saturated heterocycles. The van der Waals surface area contributed by atoms with Crippen molar-refractivity contribution in [1.29, 1.82) is 0 Å². The predicted molar refractivity (Wildman–Crippen MR) is 98.5 cm³/mol. The number of hydrogen-bond acceptors (Lipinski definition) is 3. The Morgan fingerprint density at radius 2 is 1.63 bits per heavy atom. The lowest BCUT2D eigenvalue weighted by atomic mass is 10.1. The van der Waals surface area contributed by atoms with Crippen LogP contribution in [0.5, 0.6) is 0 Å². The zero-order valence-electron chi connectivity index (χ0n) is 16.0. The molecule has 0 aliphatic rings. The molecule has 1 aromatic rings. The summed E-state index contributed by atoms with van der Waals surface area (Å²) < 4.78 is 42.8. The quantitative estimate of drug-likeness (QED) is 0.397. The van der Waals surface area contributed by atoms with E-state index < -0.39 is 23.4 Å². The van der Waals surface area contributed by atoms with Gasteiger partial charge in [-0.3, -0.25) is 0 Å². The Labute approximate surface area is 157 Å². The highest BCUT2D eigenvalue weighted by molar-refractivity contribution is 5.79. The summed E-state index contributed by atoms with van der Waals surface area (Å²) in [5.41, 5.74) is -0.587. The van der Waals surface area contributed by atoms with Crippen molar-refractivity contribution in [3.8, 4) is 0 Å². The Hall–Kier alpha value is -2.45. The first-order chi connectivity index (χ1) is 12.5. The lowest BCUT2D eigenvalue weighted by Crippen LogP contribution is -2.42. The van der Waals surface area contributed by atoms with Gasteiger partial charge in [-0.1, -0.05) is 12.1 Å². The smallest absolute Gasteiger partial charge is 0.416 e. The second-order valence-electron chi connectivity index (χ2n) is 6.75. The van der Waals surface area contributed by atoms with Crippen LogP contribution in [0, 0.1) is 0 Å². The SMILES string of the molecule is CCNC(=NCc1ccc(C(F)(F)F)cc1)NCCNC(=O)OC(C)(C)C. The summed E-state index contributed by atoms with van der Waals surface area (Å²) >= 11 is 0. The van der Waals surface area contributed by atoms with Crippen LogP contribution >= 0.6 is 0 Å². The summed E-state index contributed by atoms with van der Waals surface area (Å²) in [6.45, 7) is 8.84. The zero-order valence-corrected chi connectivity index (χ0v) is 16.0. The summed E-state index contributed by atoms with van der Waals surface area (Å²) in [5.74, 6) is 0.503. The number of carbonyl (C=O) groups excluding carboxylic acids is 1. The average molecular weight is 388 g/mol. The molecule has 152 valence electrons. The van der Waals surface area contributed by atoms with Gasteiger partial charge in [0.2, 0.25) is 0 Å². The highest BCUT2D eigenvalue weighted by atomic mass is 19.4. The molecule has 0 bridgehead atoms. The molecule has 0 aliphatic heterocycles. The van der Waals surface area contributed by atoms with Gasteiger partial charge in [0.15, 0.2) is 5.96 Å². The minimum Gasteiger partial charge on any atom is -0.444 e. The van der Waals surface area contributed by atoms with E-state index in [1.165, 1.54) is 12.1 Å². The topological polar surface area (TPSA) is 74.8 Å². The number of aliphatic imine (C=N–C) groups is 1. The summed E-state index contributed by atoms with van der Waals surface area (Å²) in [5, 5.41) is 8.68. The average Bonchev–Trinajstić information content (AvgIpc) is 2.54. The molecule has 0 atom stereocenters. The van der Waals surface area contributed by atoms with Crippen LogP contribution in [0.3, 0.4) is 0 Å². The van der Waals surface area contributed by atoms with Gasteiger partial charge in [0.1, 0.15) is 5.60 Å². The number of alkyl halides is 3. The Bertz CT molecular complexity index is 623. The Morgan fingerprint density at radius 1 is 1.04 bits per heavy atom. The van der Waals surface area contributed by atoms with Crippen LogP contribution in [0.1, 0.15) is 38.8 Å². The van der Waals surface area contributed by atoms with Gasteiger partial charge in [-0.05, 0) is 45.4 Å². The second kappa shape index (κ2) is 10.0. The minimum atomic E-state index is -4.35. The third kappa shape index (κ3) is 9.72. The molecule has 0 aliphatic carbocycles. The number of hydrogen-bond donors (Lipinski definition) is 3. The van der Waals surface area contributed by atoms with E-state index in [0.717, 1.165) is 12.1 Å². The van der Waals surface area contributed by atoms with E-state index >= 15 is 0 Å². The van der Waals surface area contributed by atoms with Crippen molar-refractivity contribution in [2.75, 3.05) is 19.6 Å². The highest BCUT2D eigenvalue weighted by Gasteiger charge is 2.29. The number of rotatable bonds is 6. The first kappa shape index (κ1) is 22.6. The number of guanidine groups is 1. The van der Waals surface area contributed by atoms with Crippen molar-refractivity contribution >= 4 is 12.1 Å². The number of benzene rings is 1. The molecular weight excluding hydrogens is 361 g/mol. The molecule has 3 N–H and O–H groups in total. The minimum absolute atomic E-state index is 0.229. The monoisotopic (exact) mass is 388 g/mol. The molecule has 0 unspecified atom stereocenters. The van der Waals surface area contributed by atoms with Crippen molar-refractivity contribution in [3.63, 3.8) is 0 Å². The standard InChI is InChI=1S/C18H27F3N4O2/c1-5-22-15(23-10-11-24-16(26)27-17(2,3)4)25-12-13-6-8-14(9-7-13)18(19,20)21/h6-9H,5,10-12H2,1-4H3,(H,24,26)(H2,22,23,25). The van der Waals surface area contributed by atoms with Crippen LogP contribution in [0.4, 0.5) is 18.0 Å². The van der Waals surface area contributed by atoms with Crippen molar-refractivity contribution in [2.24, 2.45) is 4.99 Å². The number of halogens is 3. The van der Waals surface area contributed by atoms with Crippen molar-refractivity contribution in [3.05, 3.63) is 35.4 Å². The van der Waals surface area contributed by atoms with Crippen LogP contribution in [-0.4, -0.2) is 37.3 Å². The van der Waals surface area contributed by atoms with Crippen molar-refractivity contribution < 1.29 is 22.7 Å². The molecule has 1 rings (SSSR count). The lowest BCUT2D eigenvalue weighted by molar-refractivity contribution is -0.137. The first-order valence-corrected chi connectivity index (χ1v) is 8.66. The Kier molecular flexibility index (Phi) is 8.39. The second-order valence-corrected chi connectivity index (χ2v) is 6.75. The fraction of sp³-hybridized carbons (Fsp3) is 0.556. The van der Waals surface area contributed by atoms with Gasteiger partial charge < -0.3 is 20.7 Å². The fourth-order valence-electron chi connectivity index (χ4n) is 1.97. The Morgan fingerprint density at radius 3 is 2.15 bits per heavy atom. The van der Waals surface area contributed by atoms with Gasteiger partial charge in [0.25, 0.3) is 0 Å². The van der Waals surface area contributed by atoms with Crippen LogP contribution in [0.15, 0.2) is 29.3 Å². The number of ether oxygens (including phenoxy) is 1. The number of nitrogens with one attached hydrogen (secondary N) is 3. The summed E-state index contributed by atoms with van der Waals surface area (Å²) in [7, 11) is 0. The molecule has 1 aromatic carbocycles. The predicted octanol–water partition coefficient (Wildman–Crippen LogP) is 3.29. The summed E-state index contributed by atoms with van der Waals surface area (Å²) in [6.07, 6.45) is -4.85. The molecule has 0 radical (unpaired) electrons. The molecule has 9 heteroatoms. The first-order valence-electron chi connectivity index (χ1n) is 8.66. The van der Waals surface area contributed by atoms with E-state index in [1.54, 1.807) is 20.8 Å². The maximum atomic E-state index is 12.6. The van der Waals surface area contributed by atoms with Crippen LogP contribution in [0.2, 0.25) is 0 Å². The van der Waals surface area contributed by atoms with Crippen LogP contribution in [0.25, 0.3) is 0 Å². The summed E-state index contributed by atoms with van der Waals surface area (Å²) in [4.78, 5) is 15.9. The van der Waals surface area contributed by atoms with E-state index in [9.17, 15) is 18.0 Å². The third-order valence-electron chi connectivity index (χ3n) is 3.13. The van der Waals surface area contributed by atoms with Gasteiger partial charge in [0, 0.05) is 19.6 Å². The van der Waals surface area contributed by atoms with Gasteiger partial charge in [-0.15, -0.1) is 0 Å². The maximum absolute atomic E-state index is 12.6. The molecule has 0 heterocycles. The largest absolute Gasteiger partial charge is 0.444 e. The number of amides is 1. The Balaban J connectivity index is 2.49. The normalized spacial score (nSPS) is 12.5. The van der Waals surface area contributed by atoms with E-state index in [4.69, 9.17) is 4.74 Å². The molecule has 0 saturated carbocycles. The molecule has 0 fully saturated rings. The number of carbonyl (C=O) groups is 1. The van der Waals surface area contributed by atoms with Crippen molar-refractivity contribution in [2.45, 2.75) is 46.0 Å². The van der Waals surface area contributed by atoms with Gasteiger partial charge in [0.05, 0.1) is 12.1 Å². The van der Waals surface area contributed by atoms with Crippen LogP contribution < -0.4 is 16.0 Å². The van der Waals surface area contributed by atoms with Gasteiger partial charge >= 0.3 is 12.3 Å². The van der Waals surface area contributed by atoms with E-state index in [-0.39, 0.29) is 6.54 Å². The molecule has 0 spiro atoms.